The Hall–Kier alpha value is -5.66. The summed E-state index contributed by atoms with van der Waals surface area (Å²) in [6.07, 6.45) is -21.4. The van der Waals surface area contributed by atoms with Gasteiger partial charge in [-0.15, -0.1) is 0 Å². The minimum atomic E-state index is -2.05. The maximum Gasteiger partial charge on any atom is 0.317 e. The second-order valence-corrected chi connectivity index (χ2v) is 12.6. The van der Waals surface area contributed by atoms with Crippen LogP contribution in [0, 0.1) is 0 Å². The molecule has 306 valence electrons. The van der Waals surface area contributed by atoms with Crippen LogP contribution in [0.15, 0.2) is 30.0 Å². The first-order valence-corrected chi connectivity index (χ1v) is 16.3. The van der Waals surface area contributed by atoms with Crippen LogP contribution in [-0.2, 0) is 42.9 Å². The minimum absolute atomic E-state index is 0.144. The van der Waals surface area contributed by atoms with E-state index in [2.05, 4.69) is 0 Å². The number of carbonyl (C=O) groups is 4. The summed E-state index contributed by atoms with van der Waals surface area (Å²) in [5, 5.41) is 122. The predicted molar refractivity (Wildman–Crippen MR) is 172 cm³/mol. The highest BCUT2D eigenvalue weighted by Crippen LogP contribution is 2.47. The average molecular weight is 801 g/mol. The molecule has 2 fully saturated rings. The van der Waals surface area contributed by atoms with Crippen LogP contribution in [-0.4, -0.2) is 160 Å². The molecule has 11 atom stereocenters. The van der Waals surface area contributed by atoms with Gasteiger partial charge >= 0.3 is 23.9 Å². The molecule has 0 aliphatic carbocycles. The number of esters is 2. The number of hydrogen-bond acceptors (Lipinski definition) is 21. The predicted octanol–water partition coefficient (Wildman–Crippen LogP) is -2.97. The molecule has 3 aliphatic heterocycles. The van der Waals surface area contributed by atoms with Crippen LogP contribution < -0.4 is 9.47 Å². The molecule has 5 rings (SSSR count). The fourth-order valence-corrected chi connectivity index (χ4v) is 5.69. The van der Waals surface area contributed by atoms with Crippen molar-refractivity contribution in [3.63, 3.8) is 0 Å². The van der Waals surface area contributed by atoms with E-state index in [1.165, 1.54) is 0 Å². The molecule has 2 saturated heterocycles. The molecule has 23 heteroatoms. The maximum atomic E-state index is 11.8. The van der Waals surface area contributed by atoms with Crippen molar-refractivity contribution >= 4 is 30.0 Å². The zero-order valence-corrected chi connectivity index (χ0v) is 28.4. The van der Waals surface area contributed by atoms with E-state index in [0.29, 0.717) is 0 Å². The van der Waals surface area contributed by atoms with E-state index in [9.17, 15) is 70.2 Å². The number of aliphatic hydroxyl groups is 6. The van der Waals surface area contributed by atoms with Crippen molar-refractivity contribution in [2.24, 2.45) is 0 Å². The molecule has 0 radical (unpaired) electrons. The van der Waals surface area contributed by atoms with Gasteiger partial charge in [-0.25, -0.2) is 0 Å². The first kappa shape index (κ1) is 41.5. The van der Waals surface area contributed by atoms with Crippen LogP contribution in [0.1, 0.15) is 30.1 Å². The second kappa shape index (κ2) is 17.0. The van der Waals surface area contributed by atoms with Crippen LogP contribution in [0.4, 0.5) is 0 Å². The van der Waals surface area contributed by atoms with Gasteiger partial charge in [-0.3, -0.25) is 19.2 Å². The Balaban J connectivity index is 1.48. The van der Waals surface area contributed by atoms with Gasteiger partial charge in [0.25, 0.3) is 0 Å². The Kier molecular flexibility index (Phi) is 12.6. The van der Waals surface area contributed by atoms with E-state index in [-0.39, 0.29) is 16.9 Å². The first-order chi connectivity index (χ1) is 26.3. The van der Waals surface area contributed by atoms with E-state index in [1.54, 1.807) is 0 Å². The summed E-state index contributed by atoms with van der Waals surface area (Å²) < 4.78 is 38.4. The van der Waals surface area contributed by atoms with Crippen LogP contribution in [0.2, 0.25) is 0 Å². The third-order valence-electron chi connectivity index (χ3n) is 8.51. The average Bonchev–Trinajstić information content (AvgIpc) is 3.12. The van der Waals surface area contributed by atoms with Crippen molar-refractivity contribution in [3.05, 3.63) is 41.2 Å². The van der Waals surface area contributed by atoms with Crippen molar-refractivity contribution in [2.75, 3.05) is 13.2 Å². The van der Waals surface area contributed by atoms with Gasteiger partial charge in [0, 0.05) is 17.7 Å². The largest absolute Gasteiger partial charge is 0.508 e. The number of aromatic hydroxyl groups is 4. The number of fused-ring (bicyclic) bond motifs is 1. The summed E-state index contributed by atoms with van der Waals surface area (Å²) in [5.41, 5.74) is -0.291. The number of phenols is 4. The molecule has 56 heavy (non-hydrogen) atoms. The highest BCUT2D eigenvalue weighted by Gasteiger charge is 2.48. The van der Waals surface area contributed by atoms with Crippen LogP contribution in [0.3, 0.4) is 0 Å². The van der Waals surface area contributed by atoms with E-state index >= 15 is 0 Å². The van der Waals surface area contributed by atoms with E-state index < -0.39 is 152 Å². The Morgan fingerprint density at radius 3 is 1.59 bits per heavy atom. The normalized spacial score (nSPS) is 29.8. The number of hydrogen-bond donors (Lipinski definition) is 12. The van der Waals surface area contributed by atoms with Gasteiger partial charge in [0.1, 0.15) is 97.9 Å². The van der Waals surface area contributed by atoms with Crippen molar-refractivity contribution in [3.8, 4) is 34.5 Å². The standard InChI is InChI=1S/C33H36O23/c34-11-3-15-12(16(4-11)53-32-29(48)27(46)25(44)18(55-32)8-50-22(41)6-20(37)38)5-17(31(52-15)10-1-13(35)24(43)14(36)2-10)54-33-30(49)28(47)26(45)19(56-33)9-51-23(42)7-21(39)40/h1-5,18-19,25-36,43-49H,6-9H2,(H,37,38)(H,39,40)/t18-,19+,25+,26+,27-,28-,29+,30-,31?,32+,33+/m0/s1. The van der Waals surface area contributed by atoms with Gasteiger partial charge in [0.2, 0.25) is 12.6 Å². The summed E-state index contributed by atoms with van der Waals surface area (Å²) in [4.78, 5) is 45.2. The molecule has 3 heterocycles. The molecule has 1 unspecified atom stereocenters. The number of aliphatic carboxylic acids is 2. The summed E-state index contributed by atoms with van der Waals surface area (Å²) in [5.74, 6) is -9.65. The smallest absolute Gasteiger partial charge is 0.317 e. The van der Waals surface area contributed by atoms with Gasteiger partial charge in [0.15, 0.2) is 23.4 Å². The van der Waals surface area contributed by atoms with Gasteiger partial charge in [0.05, 0.1) is 5.56 Å². The van der Waals surface area contributed by atoms with E-state index in [0.717, 1.165) is 30.3 Å². The highest BCUT2D eigenvalue weighted by molar-refractivity contribution is 5.90. The molecule has 0 saturated carbocycles. The molecule has 0 amide bonds. The molecular weight excluding hydrogens is 764 g/mol. The Labute approximate surface area is 312 Å². The minimum Gasteiger partial charge on any atom is -0.508 e. The number of carbonyl (C=O) groups excluding carboxylic acids is 2. The lowest BCUT2D eigenvalue weighted by Gasteiger charge is -2.41. The van der Waals surface area contributed by atoms with Crippen molar-refractivity contribution in [1.29, 1.82) is 0 Å². The lowest BCUT2D eigenvalue weighted by Crippen LogP contribution is -2.60. The number of carboxylic acids is 2. The molecule has 23 nitrogen and oxygen atoms in total. The summed E-state index contributed by atoms with van der Waals surface area (Å²) >= 11 is 0. The number of ether oxygens (including phenoxy) is 7. The number of carboxylic acid groups (broad SMARTS) is 2. The molecule has 12 N–H and O–H groups in total. The van der Waals surface area contributed by atoms with Crippen LogP contribution in [0.5, 0.6) is 34.5 Å². The van der Waals surface area contributed by atoms with Gasteiger partial charge in [-0.2, -0.15) is 0 Å². The summed E-state index contributed by atoms with van der Waals surface area (Å²) in [6, 6.07) is 3.90. The third kappa shape index (κ3) is 9.23. The number of rotatable bonds is 13. The van der Waals surface area contributed by atoms with Gasteiger partial charge in [-0.1, -0.05) is 0 Å². The summed E-state index contributed by atoms with van der Waals surface area (Å²) in [6.45, 7) is -1.62. The number of aliphatic hydroxyl groups excluding tert-OH is 6. The molecule has 0 aromatic heterocycles. The zero-order chi connectivity index (χ0) is 41.2. The van der Waals surface area contributed by atoms with Crippen LogP contribution in [0.25, 0.3) is 6.08 Å². The third-order valence-corrected chi connectivity index (χ3v) is 8.51. The Morgan fingerprint density at radius 1 is 0.625 bits per heavy atom. The zero-order valence-electron chi connectivity index (χ0n) is 28.4. The first-order valence-electron chi connectivity index (χ1n) is 16.3. The molecule has 0 spiro atoms. The molecule has 3 aliphatic rings. The second-order valence-electron chi connectivity index (χ2n) is 12.6. The fourth-order valence-electron chi connectivity index (χ4n) is 5.69. The monoisotopic (exact) mass is 800 g/mol. The number of phenolic OH excluding ortho intramolecular Hbond substituents is 4. The Bertz CT molecular complexity index is 1820. The van der Waals surface area contributed by atoms with E-state index in [1.807, 2.05) is 0 Å². The lowest BCUT2D eigenvalue weighted by atomic mass is 9.98. The topological polar surface area (TPSA) is 376 Å². The van der Waals surface area contributed by atoms with Crippen molar-refractivity contribution < 1.29 is 114 Å². The molecule has 0 bridgehead atoms. The van der Waals surface area contributed by atoms with Gasteiger partial charge < -0.3 is 94.4 Å². The summed E-state index contributed by atoms with van der Waals surface area (Å²) in [7, 11) is 0. The maximum absolute atomic E-state index is 11.8. The van der Waals surface area contributed by atoms with Crippen LogP contribution >= 0.6 is 0 Å². The van der Waals surface area contributed by atoms with Crippen molar-refractivity contribution in [1.82, 2.24) is 0 Å². The SMILES string of the molecule is O=C(O)CC(=O)OC[C@@H]1O[C@@H](Oc2cc(O)cc3c2C=C(O[C@@H]2O[C@H](COC(=O)CC(=O)O)[C@@H](O)[C@H](O)[C@@H]2O)C(c2cc(O)c(O)c(O)c2)O3)[C@H](O)[C@@H](O)[C@@H]1O. The van der Waals surface area contributed by atoms with E-state index in [4.69, 9.17) is 43.4 Å². The highest BCUT2D eigenvalue weighted by atomic mass is 16.7. The Morgan fingerprint density at radius 2 is 1.11 bits per heavy atom. The quantitative estimate of drug-likeness (QED) is 0.0546. The van der Waals surface area contributed by atoms with Crippen molar-refractivity contribution in [2.45, 2.75) is 80.4 Å². The number of benzene rings is 2. The van der Waals surface area contributed by atoms with Gasteiger partial charge in [-0.05, 0) is 18.2 Å². The molecule has 2 aromatic carbocycles. The lowest BCUT2D eigenvalue weighted by molar-refractivity contribution is -0.294. The molecular formula is C33H36O23. The molecule has 2 aromatic rings. The fraction of sp³-hybridized carbons (Fsp3) is 0.455.